The molecular formula is C18H14ClNOS. The van der Waals surface area contributed by atoms with Gasteiger partial charge < -0.3 is 5.32 Å². The molecule has 1 aromatic heterocycles. The summed E-state index contributed by atoms with van der Waals surface area (Å²) in [5, 5.41) is 7.01. The first-order chi connectivity index (χ1) is 10.7. The Bertz CT molecular complexity index is 857. The number of carbonyl (C=O) groups excluding carboxylic acids is 1. The molecule has 2 aromatic carbocycles. The second-order valence-electron chi connectivity index (χ2n) is 5.63. The minimum atomic E-state index is 0.0260. The first-order valence-corrected chi connectivity index (χ1v) is 8.51. The third-order valence-corrected chi connectivity index (χ3v) is 5.39. The van der Waals surface area contributed by atoms with Crippen molar-refractivity contribution in [1.82, 2.24) is 0 Å². The number of hydrogen-bond donors (Lipinski definition) is 1. The Kier molecular flexibility index (Phi) is 3.40. The van der Waals surface area contributed by atoms with Crippen molar-refractivity contribution in [2.24, 2.45) is 5.92 Å². The highest BCUT2D eigenvalue weighted by Crippen LogP contribution is 2.50. The van der Waals surface area contributed by atoms with Crippen LogP contribution in [0.4, 0.5) is 5.69 Å². The average molecular weight is 328 g/mol. The van der Waals surface area contributed by atoms with Crippen molar-refractivity contribution in [3.8, 4) is 0 Å². The number of anilines is 1. The van der Waals surface area contributed by atoms with Crippen LogP contribution >= 0.6 is 22.9 Å². The summed E-state index contributed by atoms with van der Waals surface area (Å²) >= 11 is 7.92. The van der Waals surface area contributed by atoms with E-state index in [0.29, 0.717) is 0 Å². The molecule has 0 bridgehead atoms. The third-order valence-electron chi connectivity index (χ3n) is 4.15. The topological polar surface area (TPSA) is 29.1 Å². The molecule has 2 unspecified atom stereocenters. The molecule has 3 aromatic rings. The maximum Gasteiger partial charge on any atom is 0.228 e. The van der Waals surface area contributed by atoms with E-state index in [1.54, 1.807) is 11.3 Å². The fraction of sp³-hybridized carbons (Fsp3) is 0.167. The molecule has 0 spiro atoms. The Hall–Kier alpha value is -1.84. The smallest absolute Gasteiger partial charge is 0.228 e. The molecule has 4 heteroatoms. The number of carbonyl (C=O) groups is 1. The van der Waals surface area contributed by atoms with Gasteiger partial charge in [-0.1, -0.05) is 29.8 Å². The molecule has 0 radical (unpaired) electrons. The van der Waals surface area contributed by atoms with Gasteiger partial charge in [-0.25, -0.2) is 0 Å². The number of thiophene rings is 1. The highest BCUT2D eigenvalue weighted by atomic mass is 35.5. The van der Waals surface area contributed by atoms with Crippen molar-refractivity contribution in [2.75, 3.05) is 5.32 Å². The van der Waals surface area contributed by atoms with Crippen LogP contribution in [-0.4, -0.2) is 5.91 Å². The van der Waals surface area contributed by atoms with Crippen LogP contribution in [-0.2, 0) is 4.79 Å². The van der Waals surface area contributed by atoms with Crippen molar-refractivity contribution in [3.63, 3.8) is 0 Å². The molecule has 22 heavy (non-hydrogen) atoms. The van der Waals surface area contributed by atoms with Gasteiger partial charge in [0.05, 0.1) is 0 Å². The van der Waals surface area contributed by atoms with Gasteiger partial charge in [0.2, 0.25) is 5.91 Å². The standard InChI is InChI=1S/C18H14ClNOS/c19-16-4-2-1-3-13(16)14-10-15(14)18(21)20-12-5-6-17-11(9-12)7-8-22-17/h1-9,14-15H,10H2,(H,20,21). The molecule has 1 aliphatic carbocycles. The highest BCUT2D eigenvalue weighted by molar-refractivity contribution is 7.17. The van der Waals surface area contributed by atoms with Gasteiger partial charge in [-0.3, -0.25) is 4.79 Å². The summed E-state index contributed by atoms with van der Waals surface area (Å²) in [5.74, 6) is 0.358. The molecule has 2 atom stereocenters. The van der Waals surface area contributed by atoms with Gasteiger partial charge in [0.1, 0.15) is 0 Å². The zero-order chi connectivity index (χ0) is 15.1. The predicted octanol–water partition coefficient (Wildman–Crippen LogP) is 5.30. The van der Waals surface area contributed by atoms with E-state index in [1.165, 1.54) is 10.1 Å². The number of rotatable bonds is 3. The van der Waals surface area contributed by atoms with Gasteiger partial charge in [-0.2, -0.15) is 0 Å². The Morgan fingerprint density at radius 1 is 1.18 bits per heavy atom. The van der Waals surface area contributed by atoms with E-state index < -0.39 is 0 Å². The number of halogens is 1. The lowest BCUT2D eigenvalue weighted by Crippen LogP contribution is -2.14. The Balaban J connectivity index is 1.48. The molecule has 1 aliphatic rings. The molecule has 110 valence electrons. The van der Waals surface area contributed by atoms with Crippen molar-refractivity contribution >= 4 is 44.6 Å². The fourth-order valence-corrected chi connectivity index (χ4v) is 3.93. The summed E-state index contributed by atoms with van der Waals surface area (Å²) < 4.78 is 1.23. The molecule has 1 saturated carbocycles. The van der Waals surface area contributed by atoms with E-state index in [4.69, 9.17) is 11.6 Å². The quantitative estimate of drug-likeness (QED) is 0.695. The molecule has 0 saturated heterocycles. The van der Waals surface area contributed by atoms with Crippen LogP contribution in [0.15, 0.2) is 53.9 Å². The molecule has 2 nitrogen and oxygen atoms in total. The van der Waals surface area contributed by atoms with Crippen LogP contribution < -0.4 is 5.32 Å². The van der Waals surface area contributed by atoms with Crippen molar-refractivity contribution in [3.05, 3.63) is 64.5 Å². The molecule has 1 amide bonds. The van der Waals surface area contributed by atoms with Gasteiger partial charge in [-0.15, -0.1) is 11.3 Å². The lowest BCUT2D eigenvalue weighted by Gasteiger charge is -2.06. The Morgan fingerprint density at radius 2 is 2.05 bits per heavy atom. The first-order valence-electron chi connectivity index (χ1n) is 7.25. The van der Waals surface area contributed by atoms with Crippen LogP contribution in [0.5, 0.6) is 0 Å². The maximum atomic E-state index is 12.4. The summed E-state index contributed by atoms with van der Waals surface area (Å²) in [4.78, 5) is 12.4. The molecule has 4 rings (SSSR count). The van der Waals surface area contributed by atoms with Crippen LogP contribution in [0.1, 0.15) is 17.9 Å². The summed E-state index contributed by atoms with van der Waals surface area (Å²) in [6.07, 6.45) is 0.871. The maximum absolute atomic E-state index is 12.4. The van der Waals surface area contributed by atoms with Crippen LogP contribution in [0.2, 0.25) is 5.02 Å². The summed E-state index contributed by atoms with van der Waals surface area (Å²) in [5.41, 5.74) is 1.94. The highest BCUT2D eigenvalue weighted by Gasteiger charge is 2.44. The van der Waals surface area contributed by atoms with E-state index >= 15 is 0 Å². The van der Waals surface area contributed by atoms with Gasteiger partial charge in [0, 0.05) is 21.3 Å². The first kappa shape index (κ1) is 13.8. The van der Waals surface area contributed by atoms with Crippen LogP contribution in [0.25, 0.3) is 10.1 Å². The minimum absolute atomic E-state index is 0.0260. The SMILES string of the molecule is O=C(Nc1ccc2sccc2c1)C1CC1c1ccccc1Cl. The lowest BCUT2D eigenvalue weighted by molar-refractivity contribution is -0.117. The van der Waals surface area contributed by atoms with Gasteiger partial charge in [-0.05, 0) is 59.0 Å². The van der Waals surface area contributed by atoms with Crippen molar-refractivity contribution < 1.29 is 4.79 Å². The van der Waals surface area contributed by atoms with Gasteiger partial charge >= 0.3 is 0 Å². The Morgan fingerprint density at radius 3 is 2.91 bits per heavy atom. The summed E-state index contributed by atoms with van der Waals surface area (Å²) in [6, 6.07) is 15.9. The van der Waals surface area contributed by atoms with Gasteiger partial charge in [0.15, 0.2) is 0 Å². The fourth-order valence-electron chi connectivity index (χ4n) is 2.88. The van der Waals surface area contributed by atoms with E-state index in [2.05, 4.69) is 16.8 Å². The number of amides is 1. The normalized spacial score (nSPS) is 20.0. The van der Waals surface area contributed by atoms with E-state index in [-0.39, 0.29) is 17.7 Å². The largest absolute Gasteiger partial charge is 0.326 e. The average Bonchev–Trinajstić information content (AvgIpc) is 3.18. The number of fused-ring (bicyclic) bond motifs is 1. The number of nitrogens with one attached hydrogen (secondary N) is 1. The summed E-state index contributed by atoms with van der Waals surface area (Å²) in [6.45, 7) is 0. The monoisotopic (exact) mass is 327 g/mol. The number of benzene rings is 2. The second kappa shape index (κ2) is 5.41. The molecule has 1 N–H and O–H groups in total. The van der Waals surface area contributed by atoms with E-state index in [9.17, 15) is 4.79 Å². The third kappa shape index (κ3) is 2.51. The zero-order valence-electron chi connectivity index (χ0n) is 11.8. The predicted molar refractivity (Wildman–Crippen MR) is 92.8 cm³/mol. The number of hydrogen-bond acceptors (Lipinski definition) is 2. The summed E-state index contributed by atoms with van der Waals surface area (Å²) in [7, 11) is 0. The minimum Gasteiger partial charge on any atom is -0.326 e. The van der Waals surface area contributed by atoms with E-state index in [1.807, 2.05) is 42.5 Å². The zero-order valence-corrected chi connectivity index (χ0v) is 13.3. The van der Waals surface area contributed by atoms with E-state index in [0.717, 1.165) is 22.7 Å². The molecule has 0 aliphatic heterocycles. The Labute approximate surface area is 137 Å². The van der Waals surface area contributed by atoms with Crippen LogP contribution in [0, 0.1) is 5.92 Å². The van der Waals surface area contributed by atoms with Gasteiger partial charge in [0.25, 0.3) is 0 Å². The molecular weight excluding hydrogens is 314 g/mol. The molecule has 1 heterocycles. The van der Waals surface area contributed by atoms with Crippen LogP contribution in [0.3, 0.4) is 0 Å². The van der Waals surface area contributed by atoms with Crippen molar-refractivity contribution in [2.45, 2.75) is 12.3 Å². The second-order valence-corrected chi connectivity index (χ2v) is 6.99. The lowest BCUT2D eigenvalue weighted by atomic mass is 10.1. The van der Waals surface area contributed by atoms with Crippen molar-refractivity contribution in [1.29, 1.82) is 0 Å². The molecule has 1 fully saturated rings.